The molecule has 0 aliphatic carbocycles. The first-order chi connectivity index (χ1) is 19.3. The van der Waals surface area contributed by atoms with Crippen LogP contribution in [0.5, 0.6) is 5.75 Å². The van der Waals surface area contributed by atoms with Crippen LogP contribution in [0, 0.1) is 0 Å². The lowest BCUT2D eigenvalue weighted by molar-refractivity contribution is -0.254. The maximum absolute atomic E-state index is 14.0. The third kappa shape index (κ3) is 6.28. The van der Waals surface area contributed by atoms with Crippen molar-refractivity contribution in [1.29, 1.82) is 0 Å². The molecular formula is C30H31ClF3N3O4. The molecule has 0 bridgehead atoms. The molecule has 0 radical (unpaired) electrons. The van der Waals surface area contributed by atoms with Gasteiger partial charge in [-0.1, -0.05) is 35.9 Å². The Morgan fingerprint density at radius 3 is 2.24 bits per heavy atom. The predicted octanol–water partition coefficient (Wildman–Crippen LogP) is 5.82. The molecular weight excluding hydrogens is 559 g/mol. The molecule has 1 aliphatic rings. The Morgan fingerprint density at radius 1 is 1.02 bits per heavy atom. The van der Waals surface area contributed by atoms with Crippen LogP contribution in [0.25, 0.3) is 0 Å². The Kier molecular flexibility index (Phi) is 8.84. The lowest BCUT2D eigenvalue weighted by Gasteiger charge is -2.34. The second kappa shape index (κ2) is 12.0. The summed E-state index contributed by atoms with van der Waals surface area (Å²) in [7, 11) is 4.62. The van der Waals surface area contributed by atoms with Crippen LogP contribution >= 0.6 is 11.6 Å². The number of benzene rings is 3. The van der Waals surface area contributed by atoms with E-state index in [9.17, 15) is 27.9 Å². The highest BCUT2D eigenvalue weighted by molar-refractivity contribution is 6.34. The molecule has 1 atom stereocenters. The van der Waals surface area contributed by atoms with Gasteiger partial charge in [-0.05, 0) is 66.8 Å². The lowest BCUT2D eigenvalue weighted by Crippen LogP contribution is -2.52. The van der Waals surface area contributed by atoms with Gasteiger partial charge in [-0.2, -0.15) is 13.2 Å². The molecule has 2 N–H and O–H groups in total. The summed E-state index contributed by atoms with van der Waals surface area (Å²) in [6.45, 7) is 1.50. The fraction of sp³-hybridized carbons (Fsp3) is 0.333. The molecule has 3 aromatic carbocycles. The van der Waals surface area contributed by atoms with Crippen molar-refractivity contribution < 1.29 is 32.6 Å². The van der Waals surface area contributed by atoms with Crippen molar-refractivity contribution in [3.63, 3.8) is 0 Å². The Hall–Kier alpha value is -3.76. The quantitative estimate of drug-likeness (QED) is 0.363. The van der Waals surface area contributed by atoms with Crippen LogP contribution in [-0.4, -0.2) is 62.3 Å². The van der Waals surface area contributed by atoms with Crippen molar-refractivity contribution in [3.05, 3.63) is 88.4 Å². The van der Waals surface area contributed by atoms with Gasteiger partial charge in [-0.3, -0.25) is 9.59 Å². The minimum atomic E-state index is -5.27. The summed E-state index contributed by atoms with van der Waals surface area (Å²) in [4.78, 5) is 28.7. The number of anilines is 2. The summed E-state index contributed by atoms with van der Waals surface area (Å²) in [5.41, 5.74) is -1.93. The number of ether oxygens (including phenoxy) is 1. The standard InChI is InChI=1S/C30H31ClF3N3O4/c1-36(2)27(38)25-12-11-23(18-26(25)31)37-15-13-20(14-16-37)19-7-9-22(10-8-19)35-28(39)29(40,30(32,33)34)21-5-4-6-24(17-21)41-3/h4-12,17-18,20,40H,13-16H2,1-3H3,(H,35,39)/t29-/m1/s1. The van der Waals surface area contributed by atoms with Crippen molar-refractivity contribution in [2.24, 2.45) is 0 Å². The van der Waals surface area contributed by atoms with Gasteiger partial charge in [0.15, 0.2) is 0 Å². The summed E-state index contributed by atoms with van der Waals surface area (Å²) in [6, 6.07) is 16.7. The van der Waals surface area contributed by atoms with Gasteiger partial charge >= 0.3 is 6.18 Å². The number of piperidine rings is 1. The first kappa shape index (κ1) is 30.2. The molecule has 7 nitrogen and oxygen atoms in total. The summed E-state index contributed by atoms with van der Waals surface area (Å²) in [6.07, 6.45) is -3.62. The van der Waals surface area contributed by atoms with Gasteiger partial charge in [0.1, 0.15) is 5.75 Å². The first-order valence-electron chi connectivity index (χ1n) is 13.0. The van der Waals surface area contributed by atoms with E-state index < -0.39 is 23.2 Å². The summed E-state index contributed by atoms with van der Waals surface area (Å²) in [5, 5.41) is 13.2. The fourth-order valence-electron chi connectivity index (χ4n) is 4.92. The molecule has 3 aromatic rings. The number of carbonyl (C=O) groups excluding carboxylic acids is 2. The molecule has 41 heavy (non-hydrogen) atoms. The normalized spacial score (nSPS) is 15.7. The molecule has 1 heterocycles. The molecule has 218 valence electrons. The van der Waals surface area contributed by atoms with Gasteiger partial charge in [0.05, 0.1) is 17.7 Å². The highest BCUT2D eigenvalue weighted by Crippen LogP contribution is 2.41. The number of alkyl halides is 3. The van der Waals surface area contributed by atoms with Crippen LogP contribution in [-0.2, 0) is 10.4 Å². The minimum absolute atomic E-state index is 0.0768. The molecule has 1 aliphatic heterocycles. The average Bonchev–Trinajstić information content (AvgIpc) is 2.96. The van der Waals surface area contributed by atoms with E-state index >= 15 is 0 Å². The molecule has 11 heteroatoms. The van der Waals surface area contributed by atoms with Gasteiger partial charge in [0.2, 0.25) is 0 Å². The highest BCUT2D eigenvalue weighted by Gasteiger charge is 2.61. The molecule has 1 fully saturated rings. The van der Waals surface area contributed by atoms with Crippen molar-refractivity contribution in [2.75, 3.05) is 44.5 Å². The van der Waals surface area contributed by atoms with Crippen molar-refractivity contribution in [1.82, 2.24) is 4.90 Å². The molecule has 0 unspecified atom stereocenters. The number of hydrogen-bond acceptors (Lipinski definition) is 5. The van der Waals surface area contributed by atoms with Crippen molar-refractivity contribution in [3.8, 4) is 5.75 Å². The number of aliphatic hydroxyl groups is 1. The minimum Gasteiger partial charge on any atom is -0.497 e. The lowest BCUT2D eigenvalue weighted by atomic mass is 9.89. The Morgan fingerprint density at radius 2 is 1.68 bits per heavy atom. The number of nitrogens with one attached hydrogen (secondary N) is 1. The van der Waals surface area contributed by atoms with Crippen LogP contribution in [0.4, 0.5) is 24.5 Å². The SMILES string of the molecule is COc1cccc([C@@](O)(C(=O)Nc2ccc(C3CCN(c4ccc(C(=O)N(C)C)c(Cl)c4)CC3)cc2)C(F)(F)F)c1. The van der Waals surface area contributed by atoms with Crippen LogP contribution in [0.1, 0.15) is 40.2 Å². The van der Waals surface area contributed by atoms with E-state index in [-0.39, 0.29) is 23.3 Å². The Labute approximate surface area is 241 Å². The maximum Gasteiger partial charge on any atom is 0.430 e. The van der Waals surface area contributed by atoms with E-state index in [2.05, 4.69) is 10.2 Å². The number of methoxy groups -OCH3 is 1. The molecule has 4 rings (SSSR count). The molecule has 0 spiro atoms. The summed E-state index contributed by atoms with van der Waals surface area (Å²) in [5.74, 6) is -1.49. The predicted molar refractivity (Wildman–Crippen MR) is 152 cm³/mol. The third-order valence-electron chi connectivity index (χ3n) is 7.32. The summed E-state index contributed by atoms with van der Waals surface area (Å²) >= 11 is 6.38. The monoisotopic (exact) mass is 589 g/mol. The van der Waals surface area contributed by atoms with Crippen LogP contribution in [0.3, 0.4) is 0 Å². The fourth-order valence-corrected chi connectivity index (χ4v) is 5.17. The number of nitrogens with zero attached hydrogens (tertiary/aromatic N) is 2. The number of amides is 2. The van der Waals surface area contributed by atoms with E-state index in [1.165, 1.54) is 36.3 Å². The molecule has 0 aromatic heterocycles. The van der Waals surface area contributed by atoms with E-state index in [1.54, 1.807) is 38.4 Å². The van der Waals surface area contributed by atoms with Crippen LogP contribution < -0.4 is 15.0 Å². The Balaban J connectivity index is 1.41. The van der Waals surface area contributed by atoms with E-state index in [0.29, 0.717) is 10.6 Å². The van der Waals surface area contributed by atoms with E-state index in [4.69, 9.17) is 16.3 Å². The third-order valence-corrected chi connectivity index (χ3v) is 7.63. The molecule has 2 amide bonds. The van der Waals surface area contributed by atoms with Crippen LogP contribution in [0.2, 0.25) is 5.02 Å². The second-order valence-corrected chi connectivity index (χ2v) is 10.5. The molecule has 0 saturated carbocycles. The van der Waals surface area contributed by atoms with Gasteiger partial charge in [-0.15, -0.1) is 0 Å². The topological polar surface area (TPSA) is 82.1 Å². The van der Waals surface area contributed by atoms with Gasteiger partial charge < -0.3 is 25.0 Å². The van der Waals surface area contributed by atoms with E-state index in [1.807, 2.05) is 6.07 Å². The largest absolute Gasteiger partial charge is 0.497 e. The maximum atomic E-state index is 14.0. The first-order valence-corrected chi connectivity index (χ1v) is 13.3. The Bertz CT molecular complexity index is 1410. The average molecular weight is 590 g/mol. The van der Waals surface area contributed by atoms with Gasteiger partial charge in [-0.25, -0.2) is 0 Å². The zero-order chi connectivity index (χ0) is 29.9. The van der Waals surface area contributed by atoms with E-state index in [0.717, 1.165) is 49.3 Å². The van der Waals surface area contributed by atoms with Crippen LogP contribution in [0.15, 0.2) is 66.7 Å². The van der Waals surface area contributed by atoms with Crippen molar-refractivity contribution >= 4 is 34.8 Å². The number of halogens is 4. The molecule has 1 saturated heterocycles. The second-order valence-electron chi connectivity index (χ2n) is 10.1. The smallest absolute Gasteiger partial charge is 0.430 e. The van der Waals surface area contributed by atoms with Crippen molar-refractivity contribution in [2.45, 2.75) is 30.5 Å². The highest BCUT2D eigenvalue weighted by atomic mass is 35.5. The zero-order valence-corrected chi connectivity index (χ0v) is 23.6. The number of rotatable bonds is 7. The zero-order valence-electron chi connectivity index (χ0n) is 22.8. The van der Waals surface area contributed by atoms with Gasteiger partial charge in [0, 0.05) is 44.1 Å². The number of hydrogen-bond donors (Lipinski definition) is 2. The number of carbonyl (C=O) groups is 2. The van der Waals surface area contributed by atoms with Gasteiger partial charge in [0.25, 0.3) is 17.4 Å². The summed E-state index contributed by atoms with van der Waals surface area (Å²) < 4.78 is 46.9.